The summed E-state index contributed by atoms with van der Waals surface area (Å²) in [5, 5.41) is 0. The molecule has 0 bridgehead atoms. The average Bonchev–Trinajstić information content (AvgIpc) is 2.76. The minimum atomic E-state index is -4.06. The quantitative estimate of drug-likeness (QED) is 0.749. The molecule has 96 valence electrons. The Morgan fingerprint density at radius 3 is 2.41 bits per heavy atom. The Morgan fingerprint density at radius 1 is 1.29 bits per heavy atom. The van der Waals surface area contributed by atoms with Gasteiger partial charge in [0.1, 0.15) is 5.76 Å². The van der Waals surface area contributed by atoms with Gasteiger partial charge in [-0.2, -0.15) is 13.2 Å². The molecule has 0 aromatic carbocycles. The average molecular weight is 268 g/mol. The fourth-order valence-electron chi connectivity index (χ4n) is 2.28. The van der Waals surface area contributed by atoms with Crippen molar-refractivity contribution in [2.45, 2.75) is 43.7 Å². The molecule has 1 aliphatic rings. The van der Waals surface area contributed by atoms with Gasteiger partial charge in [0.25, 0.3) is 0 Å². The Morgan fingerprint density at radius 2 is 1.94 bits per heavy atom. The number of hydrogen-bond donors (Lipinski definition) is 0. The van der Waals surface area contributed by atoms with Crippen LogP contribution in [0.2, 0.25) is 0 Å². The van der Waals surface area contributed by atoms with E-state index in [-0.39, 0.29) is 24.6 Å². The largest absolute Gasteiger partial charge is 0.444 e. The zero-order chi connectivity index (χ0) is 12.5. The van der Waals surface area contributed by atoms with Crippen molar-refractivity contribution in [1.82, 2.24) is 4.98 Å². The lowest BCUT2D eigenvalue weighted by atomic mass is 9.81. The minimum absolute atomic E-state index is 0.0538. The van der Waals surface area contributed by atoms with E-state index in [0.29, 0.717) is 24.5 Å². The number of rotatable bonds is 2. The van der Waals surface area contributed by atoms with E-state index >= 15 is 0 Å². The van der Waals surface area contributed by atoms with Gasteiger partial charge < -0.3 is 4.42 Å². The molecule has 2 nitrogen and oxygen atoms in total. The standard InChI is InChI=1S/C11H13ClF3NO/c12-5-10-16-6-9(17-10)7-1-3-8(4-2-7)11(13,14)15/h6-8H,1-5H2. The highest BCUT2D eigenvalue weighted by Crippen LogP contribution is 2.42. The van der Waals surface area contributed by atoms with Crippen LogP contribution in [-0.2, 0) is 5.88 Å². The van der Waals surface area contributed by atoms with E-state index in [1.54, 1.807) is 6.20 Å². The van der Waals surface area contributed by atoms with E-state index in [2.05, 4.69) is 4.98 Å². The second-order valence-corrected chi connectivity index (χ2v) is 4.65. The second kappa shape index (κ2) is 4.88. The molecule has 6 heteroatoms. The molecule has 0 amide bonds. The van der Waals surface area contributed by atoms with Crippen LogP contribution in [0.1, 0.15) is 43.3 Å². The van der Waals surface area contributed by atoms with Crippen molar-refractivity contribution in [3.63, 3.8) is 0 Å². The molecule has 1 aliphatic carbocycles. The normalized spacial score (nSPS) is 26.1. The molecule has 17 heavy (non-hydrogen) atoms. The first kappa shape index (κ1) is 12.7. The summed E-state index contributed by atoms with van der Waals surface area (Å²) in [5.74, 6) is 0.186. The van der Waals surface area contributed by atoms with Gasteiger partial charge in [0, 0.05) is 5.92 Å². The number of hydrogen-bond acceptors (Lipinski definition) is 2. The fourth-order valence-corrected chi connectivity index (χ4v) is 2.40. The van der Waals surface area contributed by atoms with Crippen molar-refractivity contribution in [3.8, 4) is 0 Å². The molecular formula is C11H13ClF3NO. The molecule has 1 aromatic heterocycles. The number of halogens is 4. The molecule has 2 rings (SSSR count). The molecule has 1 heterocycles. The third kappa shape index (κ3) is 2.94. The van der Waals surface area contributed by atoms with E-state index in [9.17, 15) is 13.2 Å². The molecule has 1 aromatic rings. The molecule has 0 aliphatic heterocycles. The zero-order valence-corrected chi connectivity index (χ0v) is 9.89. The van der Waals surface area contributed by atoms with Gasteiger partial charge in [-0.1, -0.05) is 0 Å². The highest BCUT2D eigenvalue weighted by molar-refractivity contribution is 6.16. The van der Waals surface area contributed by atoms with E-state index in [4.69, 9.17) is 16.0 Å². The summed E-state index contributed by atoms with van der Waals surface area (Å²) < 4.78 is 42.8. The maximum absolute atomic E-state index is 12.5. The van der Waals surface area contributed by atoms with Crippen LogP contribution in [0, 0.1) is 5.92 Å². The van der Waals surface area contributed by atoms with Crippen molar-refractivity contribution in [2.75, 3.05) is 0 Å². The Hall–Kier alpha value is -0.710. The first-order valence-corrected chi connectivity index (χ1v) is 6.11. The van der Waals surface area contributed by atoms with E-state index < -0.39 is 12.1 Å². The lowest BCUT2D eigenvalue weighted by Crippen LogP contribution is -2.27. The fraction of sp³-hybridized carbons (Fsp3) is 0.727. The summed E-state index contributed by atoms with van der Waals surface area (Å²) in [5.41, 5.74) is 0. The number of oxazole rings is 1. The van der Waals surface area contributed by atoms with E-state index in [1.807, 2.05) is 0 Å². The monoisotopic (exact) mass is 267 g/mol. The summed E-state index contributed by atoms with van der Waals surface area (Å²) in [4.78, 5) is 3.96. The van der Waals surface area contributed by atoms with Gasteiger partial charge in [-0.05, 0) is 25.7 Å². The van der Waals surface area contributed by atoms with Crippen LogP contribution in [0.15, 0.2) is 10.6 Å². The van der Waals surface area contributed by atoms with Gasteiger partial charge in [-0.15, -0.1) is 11.6 Å². The number of aromatic nitrogens is 1. The number of alkyl halides is 4. The molecule has 1 fully saturated rings. The maximum Gasteiger partial charge on any atom is 0.391 e. The molecule has 1 saturated carbocycles. The van der Waals surface area contributed by atoms with Gasteiger partial charge in [-0.25, -0.2) is 4.98 Å². The van der Waals surface area contributed by atoms with Crippen LogP contribution in [0.3, 0.4) is 0 Å². The highest BCUT2D eigenvalue weighted by atomic mass is 35.5. The van der Waals surface area contributed by atoms with Crippen LogP contribution in [-0.4, -0.2) is 11.2 Å². The van der Waals surface area contributed by atoms with Crippen LogP contribution in [0.25, 0.3) is 0 Å². The number of nitrogens with zero attached hydrogens (tertiary/aromatic N) is 1. The Labute approximate surface area is 102 Å². The van der Waals surface area contributed by atoms with Gasteiger partial charge in [0.15, 0.2) is 0 Å². The molecular weight excluding hydrogens is 255 g/mol. The van der Waals surface area contributed by atoms with Crippen molar-refractivity contribution in [3.05, 3.63) is 17.8 Å². The van der Waals surface area contributed by atoms with Crippen molar-refractivity contribution < 1.29 is 17.6 Å². The van der Waals surface area contributed by atoms with Crippen molar-refractivity contribution in [2.24, 2.45) is 5.92 Å². The molecule has 0 spiro atoms. The maximum atomic E-state index is 12.5. The Balaban J connectivity index is 1.95. The summed E-state index contributed by atoms with van der Waals surface area (Å²) in [6.07, 6.45) is -1.14. The van der Waals surface area contributed by atoms with Crippen LogP contribution >= 0.6 is 11.6 Å². The summed E-state index contributed by atoms with van der Waals surface area (Å²) in [7, 11) is 0. The molecule has 0 radical (unpaired) electrons. The van der Waals surface area contributed by atoms with Crippen LogP contribution in [0.4, 0.5) is 13.2 Å². The van der Waals surface area contributed by atoms with Gasteiger partial charge >= 0.3 is 6.18 Å². The third-order valence-electron chi connectivity index (χ3n) is 3.28. The molecule has 0 saturated heterocycles. The van der Waals surface area contributed by atoms with Crippen molar-refractivity contribution >= 4 is 11.6 Å². The first-order valence-electron chi connectivity index (χ1n) is 5.58. The first-order chi connectivity index (χ1) is 8.00. The molecule has 0 N–H and O–H groups in total. The predicted octanol–water partition coefficient (Wildman–Crippen LogP) is 4.25. The topological polar surface area (TPSA) is 26.0 Å². The smallest absolute Gasteiger partial charge is 0.391 e. The Bertz CT molecular complexity index is 369. The molecule has 0 unspecified atom stereocenters. The summed E-state index contributed by atoms with van der Waals surface area (Å²) in [6.45, 7) is 0. The highest BCUT2D eigenvalue weighted by Gasteiger charge is 2.42. The Kier molecular flexibility index (Phi) is 3.66. The summed E-state index contributed by atoms with van der Waals surface area (Å²) >= 11 is 5.56. The minimum Gasteiger partial charge on any atom is -0.444 e. The van der Waals surface area contributed by atoms with Crippen LogP contribution < -0.4 is 0 Å². The van der Waals surface area contributed by atoms with Gasteiger partial charge in [0.2, 0.25) is 5.89 Å². The predicted molar refractivity (Wildman–Crippen MR) is 56.8 cm³/mol. The van der Waals surface area contributed by atoms with E-state index in [0.717, 1.165) is 0 Å². The van der Waals surface area contributed by atoms with Gasteiger partial charge in [0.05, 0.1) is 18.0 Å². The third-order valence-corrected chi connectivity index (χ3v) is 3.51. The molecule has 0 atom stereocenters. The van der Waals surface area contributed by atoms with Crippen LogP contribution in [0.5, 0.6) is 0 Å². The van der Waals surface area contributed by atoms with Crippen molar-refractivity contribution in [1.29, 1.82) is 0 Å². The summed E-state index contributed by atoms with van der Waals surface area (Å²) in [6, 6.07) is 0. The zero-order valence-electron chi connectivity index (χ0n) is 9.13. The van der Waals surface area contributed by atoms with Gasteiger partial charge in [-0.3, -0.25) is 0 Å². The lowest BCUT2D eigenvalue weighted by molar-refractivity contribution is -0.182. The second-order valence-electron chi connectivity index (χ2n) is 4.38. The van der Waals surface area contributed by atoms with E-state index in [1.165, 1.54) is 0 Å². The SMILES string of the molecule is FC(F)(F)C1CCC(c2cnc(CCl)o2)CC1. The lowest BCUT2D eigenvalue weighted by Gasteiger charge is -2.28.